The topological polar surface area (TPSA) is 75.2 Å². The molecule has 0 unspecified atom stereocenters. The van der Waals surface area contributed by atoms with Crippen LogP contribution in [-0.4, -0.2) is 46.6 Å². The van der Waals surface area contributed by atoms with Crippen molar-refractivity contribution in [2.75, 3.05) is 18.4 Å². The molecule has 6 nitrogen and oxygen atoms in total. The molecule has 0 aliphatic carbocycles. The second-order valence-corrected chi connectivity index (χ2v) is 9.60. The second kappa shape index (κ2) is 6.12. The van der Waals surface area contributed by atoms with Crippen LogP contribution in [-0.2, 0) is 10.0 Å². The molecule has 2 heterocycles. The first-order chi connectivity index (χ1) is 10.1. The van der Waals surface area contributed by atoms with E-state index in [4.69, 9.17) is 0 Å². The molecule has 0 amide bonds. The number of hydrogen-bond donors (Lipinski definition) is 1. The maximum absolute atomic E-state index is 12.4. The van der Waals surface area contributed by atoms with Crippen molar-refractivity contribution in [2.45, 2.75) is 58.2 Å². The van der Waals surface area contributed by atoms with Gasteiger partial charge < -0.3 is 5.32 Å². The Balaban J connectivity index is 1.98. The molecule has 0 radical (unpaired) electrons. The molecule has 0 saturated carbocycles. The van der Waals surface area contributed by atoms with Gasteiger partial charge in [0.05, 0.1) is 4.75 Å². The number of aromatic nitrogens is 2. The van der Waals surface area contributed by atoms with E-state index < -0.39 is 14.8 Å². The molecule has 0 aromatic carbocycles. The lowest BCUT2D eigenvalue weighted by molar-refractivity contribution is 0.321. The number of nitrogens with zero attached hydrogens (tertiary/aromatic N) is 3. The Hall–Kier alpha value is -1.21. The quantitative estimate of drug-likeness (QED) is 0.920. The Morgan fingerprint density at radius 3 is 2.09 bits per heavy atom. The third kappa shape index (κ3) is 3.76. The van der Waals surface area contributed by atoms with E-state index in [1.165, 1.54) is 0 Å². The van der Waals surface area contributed by atoms with Gasteiger partial charge in [0.2, 0.25) is 16.0 Å². The Morgan fingerprint density at radius 2 is 1.64 bits per heavy atom. The Labute approximate surface area is 133 Å². The summed E-state index contributed by atoms with van der Waals surface area (Å²) in [4.78, 5) is 8.76. The van der Waals surface area contributed by atoms with Crippen molar-refractivity contribution in [2.24, 2.45) is 0 Å². The van der Waals surface area contributed by atoms with Crippen molar-refractivity contribution >= 4 is 16.0 Å². The molecule has 2 rings (SSSR count). The van der Waals surface area contributed by atoms with Gasteiger partial charge in [0.1, 0.15) is 0 Å². The minimum absolute atomic E-state index is 0.215. The van der Waals surface area contributed by atoms with Crippen molar-refractivity contribution in [3.05, 3.63) is 17.5 Å². The zero-order valence-electron chi connectivity index (χ0n) is 14.0. The molecule has 1 fully saturated rings. The van der Waals surface area contributed by atoms with Crippen LogP contribution in [0.3, 0.4) is 0 Å². The van der Waals surface area contributed by atoms with Gasteiger partial charge in [-0.25, -0.2) is 22.7 Å². The number of sulfonamides is 1. The maximum atomic E-state index is 12.4. The van der Waals surface area contributed by atoms with Crippen molar-refractivity contribution in [3.63, 3.8) is 0 Å². The van der Waals surface area contributed by atoms with Crippen LogP contribution >= 0.6 is 0 Å². The van der Waals surface area contributed by atoms with E-state index in [-0.39, 0.29) is 6.04 Å². The molecule has 1 N–H and O–H groups in total. The first-order valence-corrected chi connectivity index (χ1v) is 9.12. The molecule has 0 bridgehead atoms. The highest BCUT2D eigenvalue weighted by Crippen LogP contribution is 2.24. The van der Waals surface area contributed by atoms with Crippen molar-refractivity contribution < 1.29 is 8.42 Å². The average molecular weight is 326 g/mol. The van der Waals surface area contributed by atoms with Crippen molar-refractivity contribution in [1.82, 2.24) is 14.3 Å². The minimum atomic E-state index is -3.23. The largest absolute Gasteiger partial charge is 0.351 e. The van der Waals surface area contributed by atoms with Crippen LogP contribution < -0.4 is 5.32 Å². The van der Waals surface area contributed by atoms with E-state index in [1.807, 2.05) is 19.9 Å². The van der Waals surface area contributed by atoms with E-state index in [9.17, 15) is 8.42 Å². The van der Waals surface area contributed by atoms with Crippen LogP contribution in [0, 0.1) is 13.8 Å². The van der Waals surface area contributed by atoms with E-state index in [0.29, 0.717) is 19.0 Å². The Kier molecular flexibility index (Phi) is 4.77. The monoisotopic (exact) mass is 326 g/mol. The summed E-state index contributed by atoms with van der Waals surface area (Å²) in [5.74, 6) is 0.634. The van der Waals surface area contributed by atoms with Gasteiger partial charge in [-0.3, -0.25) is 0 Å². The van der Waals surface area contributed by atoms with Gasteiger partial charge in [0, 0.05) is 30.5 Å². The van der Waals surface area contributed by atoms with Gasteiger partial charge in [-0.15, -0.1) is 0 Å². The SMILES string of the molecule is Cc1cc(C)nc(NC2CCN(S(=O)(=O)C(C)(C)C)CC2)n1. The summed E-state index contributed by atoms with van der Waals surface area (Å²) in [6.45, 7) is 10.2. The molecule has 22 heavy (non-hydrogen) atoms. The highest BCUT2D eigenvalue weighted by atomic mass is 32.2. The fourth-order valence-electron chi connectivity index (χ4n) is 2.60. The summed E-state index contributed by atoms with van der Waals surface area (Å²) >= 11 is 0. The molecule has 0 spiro atoms. The third-order valence-electron chi connectivity index (χ3n) is 3.88. The van der Waals surface area contributed by atoms with Gasteiger partial charge in [-0.2, -0.15) is 0 Å². The Morgan fingerprint density at radius 1 is 1.14 bits per heavy atom. The molecule has 0 atom stereocenters. The molecular formula is C15H26N4O2S. The standard InChI is InChI=1S/C15H26N4O2S/c1-11-10-12(2)17-14(16-11)18-13-6-8-19(9-7-13)22(20,21)15(3,4)5/h10,13H,6-9H2,1-5H3,(H,16,17,18). The van der Waals surface area contributed by atoms with Crippen molar-refractivity contribution in [1.29, 1.82) is 0 Å². The van der Waals surface area contributed by atoms with Crippen LogP contribution in [0.5, 0.6) is 0 Å². The normalized spacial score (nSPS) is 18.4. The number of aryl methyl sites for hydroxylation is 2. The molecular weight excluding hydrogens is 300 g/mol. The number of hydrogen-bond acceptors (Lipinski definition) is 5. The predicted octanol–water partition coefficient (Wildman–Crippen LogP) is 2.10. The summed E-state index contributed by atoms with van der Waals surface area (Å²) in [5, 5.41) is 3.33. The predicted molar refractivity (Wildman–Crippen MR) is 88.4 cm³/mol. The number of rotatable bonds is 3. The fourth-order valence-corrected chi connectivity index (χ4v) is 4.07. The molecule has 7 heteroatoms. The van der Waals surface area contributed by atoms with Crippen LogP contribution in [0.1, 0.15) is 45.0 Å². The van der Waals surface area contributed by atoms with E-state index >= 15 is 0 Å². The average Bonchev–Trinajstić information content (AvgIpc) is 2.36. The summed E-state index contributed by atoms with van der Waals surface area (Å²) < 4.78 is 25.7. The van der Waals surface area contributed by atoms with Gasteiger partial charge in [0.15, 0.2) is 0 Å². The van der Waals surface area contributed by atoms with Crippen LogP contribution in [0.2, 0.25) is 0 Å². The zero-order chi connectivity index (χ0) is 16.5. The minimum Gasteiger partial charge on any atom is -0.351 e. The second-order valence-electron chi connectivity index (χ2n) is 6.91. The lowest BCUT2D eigenvalue weighted by atomic mass is 10.1. The summed E-state index contributed by atoms with van der Waals surface area (Å²) in [5.41, 5.74) is 1.87. The molecule has 1 aromatic rings. The Bertz CT molecular complexity index is 609. The summed E-state index contributed by atoms with van der Waals surface area (Å²) in [7, 11) is -3.23. The first kappa shape index (κ1) is 17.1. The first-order valence-electron chi connectivity index (χ1n) is 7.68. The smallest absolute Gasteiger partial charge is 0.223 e. The van der Waals surface area contributed by atoms with E-state index in [1.54, 1.807) is 25.1 Å². The molecule has 1 aliphatic rings. The van der Waals surface area contributed by atoms with Gasteiger partial charge >= 0.3 is 0 Å². The van der Waals surface area contributed by atoms with Crippen LogP contribution in [0.25, 0.3) is 0 Å². The molecule has 1 saturated heterocycles. The summed E-state index contributed by atoms with van der Waals surface area (Å²) in [6.07, 6.45) is 1.54. The van der Waals surface area contributed by atoms with Crippen molar-refractivity contribution in [3.8, 4) is 0 Å². The lowest BCUT2D eigenvalue weighted by Gasteiger charge is -2.35. The highest BCUT2D eigenvalue weighted by molar-refractivity contribution is 7.90. The molecule has 124 valence electrons. The maximum Gasteiger partial charge on any atom is 0.223 e. The van der Waals surface area contributed by atoms with Gasteiger partial charge in [-0.1, -0.05) is 0 Å². The van der Waals surface area contributed by atoms with E-state index in [0.717, 1.165) is 24.2 Å². The third-order valence-corrected chi connectivity index (χ3v) is 6.48. The van der Waals surface area contributed by atoms with Crippen LogP contribution in [0.4, 0.5) is 5.95 Å². The van der Waals surface area contributed by atoms with Gasteiger partial charge in [0.25, 0.3) is 0 Å². The van der Waals surface area contributed by atoms with Crippen LogP contribution in [0.15, 0.2) is 6.07 Å². The number of nitrogens with one attached hydrogen (secondary N) is 1. The molecule has 1 aromatic heterocycles. The van der Waals surface area contributed by atoms with E-state index in [2.05, 4.69) is 15.3 Å². The molecule has 1 aliphatic heterocycles. The van der Waals surface area contributed by atoms with Gasteiger partial charge in [-0.05, 0) is 53.5 Å². The lowest BCUT2D eigenvalue weighted by Crippen LogP contribution is -2.48. The zero-order valence-corrected chi connectivity index (χ0v) is 14.9. The number of piperidine rings is 1. The highest BCUT2D eigenvalue weighted by Gasteiger charge is 2.37. The summed E-state index contributed by atoms with van der Waals surface area (Å²) in [6, 6.07) is 2.15. The fraction of sp³-hybridized carbons (Fsp3) is 0.733. The number of anilines is 1.